The van der Waals surface area contributed by atoms with E-state index < -0.39 is 0 Å². The summed E-state index contributed by atoms with van der Waals surface area (Å²) in [6.07, 6.45) is 0.0848. The molecule has 188 valence electrons. The van der Waals surface area contributed by atoms with Crippen LogP contribution >= 0.6 is 0 Å². The maximum atomic E-state index is 6.12. The highest BCUT2D eigenvalue weighted by atomic mass is 16.3. The predicted molar refractivity (Wildman–Crippen MR) is 165 cm³/mol. The Hall–Kier alpha value is -5.22. The molecule has 4 nitrogen and oxygen atoms in total. The van der Waals surface area contributed by atoms with Gasteiger partial charge in [0.15, 0.2) is 0 Å². The number of aromatic nitrogens is 1. The van der Waals surface area contributed by atoms with E-state index in [2.05, 4.69) is 118 Å². The van der Waals surface area contributed by atoms with Gasteiger partial charge in [0.1, 0.15) is 17.3 Å². The number of hydrogen-bond acceptors (Lipinski definition) is 3. The van der Waals surface area contributed by atoms with Gasteiger partial charge in [-0.05, 0) is 70.4 Å². The van der Waals surface area contributed by atoms with Gasteiger partial charge in [-0.25, -0.2) is 0 Å². The van der Waals surface area contributed by atoms with E-state index in [-0.39, 0.29) is 12.2 Å². The molecule has 2 aliphatic heterocycles. The molecule has 0 radical (unpaired) electrons. The van der Waals surface area contributed by atoms with Crippen molar-refractivity contribution in [3.8, 4) is 11.1 Å². The van der Waals surface area contributed by atoms with Crippen molar-refractivity contribution in [1.29, 1.82) is 0 Å². The van der Waals surface area contributed by atoms with E-state index in [1.54, 1.807) is 0 Å². The van der Waals surface area contributed by atoms with Crippen LogP contribution in [0.2, 0.25) is 0 Å². The minimum absolute atomic E-state index is 0.0848. The quantitative estimate of drug-likeness (QED) is 0.230. The van der Waals surface area contributed by atoms with Gasteiger partial charge in [0.25, 0.3) is 0 Å². The molecule has 0 aliphatic carbocycles. The molecule has 8 aromatic rings. The van der Waals surface area contributed by atoms with Crippen LogP contribution in [-0.2, 0) is 0 Å². The van der Waals surface area contributed by atoms with Crippen molar-refractivity contribution < 1.29 is 4.42 Å². The molecule has 2 aromatic heterocycles. The van der Waals surface area contributed by atoms with Crippen molar-refractivity contribution >= 4 is 65.9 Å². The summed E-state index contributed by atoms with van der Waals surface area (Å²) in [5.74, 6) is 0. The molecule has 10 rings (SSSR count). The Morgan fingerprint density at radius 1 is 0.550 bits per heavy atom. The summed E-state index contributed by atoms with van der Waals surface area (Å²) in [5, 5.41) is 15.3. The van der Waals surface area contributed by atoms with Crippen LogP contribution in [0.5, 0.6) is 0 Å². The van der Waals surface area contributed by atoms with E-state index in [1.807, 2.05) is 12.1 Å². The molecule has 2 aliphatic rings. The Morgan fingerprint density at radius 3 is 2.12 bits per heavy atom. The first-order chi connectivity index (χ1) is 19.8. The van der Waals surface area contributed by atoms with Crippen molar-refractivity contribution in [2.75, 3.05) is 10.6 Å². The van der Waals surface area contributed by atoms with Crippen LogP contribution < -0.4 is 10.6 Å². The Bertz CT molecular complexity index is 2360. The number of nitrogens with one attached hydrogen (secondary N) is 2. The van der Waals surface area contributed by atoms with E-state index in [0.29, 0.717) is 0 Å². The van der Waals surface area contributed by atoms with E-state index >= 15 is 0 Å². The summed E-state index contributed by atoms with van der Waals surface area (Å²) in [6.45, 7) is 0. The van der Waals surface area contributed by atoms with Crippen LogP contribution in [0.4, 0.5) is 11.4 Å². The molecule has 2 N–H and O–H groups in total. The molecule has 4 heteroatoms. The van der Waals surface area contributed by atoms with Crippen molar-refractivity contribution in [1.82, 2.24) is 4.57 Å². The zero-order valence-corrected chi connectivity index (χ0v) is 21.5. The summed E-state index contributed by atoms with van der Waals surface area (Å²) < 4.78 is 8.63. The van der Waals surface area contributed by atoms with E-state index in [4.69, 9.17) is 4.42 Å². The second-order valence-electron chi connectivity index (χ2n) is 11.1. The highest BCUT2D eigenvalue weighted by Gasteiger charge is 2.39. The number of hydrogen-bond donors (Lipinski definition) is 2. The van der Waals surface area contributed by atoms with Crippen LogP contribution in [0.15, 0.2) is 120 Å². The fraction of sp³-hybridized carbons (Fsp3) is 0.0556. The van der Waals surface area contributed by atoms with Gasteiger partial charge < -0.3 is 19.6 Å². The lowest BCUT2D eigenvalue weighted by molar-refractivity contribution is 0.540. The minimum Gasteiger partial charge on any atom is -0.456 e. The molecule has 40 heavy (non-hydrogen) atoms. The summed E-state index contributed by atoms with van der Waals surface area (Å²) >= 11 is 0. The van der Waals surface area contributed by atoms with Gasteiger partial charge in [-0.1, -0.05) is 66.7 Å². The molecular formula is C36H23N3O. The van der Waals surface area contributed by atoms with Crippen molar-refractivity contribution in [3.63, 3.8) is 0 Å². The first-order valence-corrected chi connectivity index (χ1v) is 13.8. The van der Waals surface area contributed by atoms with Gasteiger partial charge in [-0.2, -0.15) is 0 Å². The molecule has 0 amide bonds. The standard InChI is InChI=1S/C36H23N3O/c1-2-8-21-19-30-29(18-20(21)7-1)37-34-28-17-23(22-13-14-33-26(15-22)25-10-4-6-12-32(25)40-33)16-27-24-9-3-5-11-31(24)39(35(27)28)36(34)38-30/h1-19,34,36-38H. The van der Waals surface area contributed by atoms with Gasteiger partial charge in [0, 0.05) is 27.1 Å². The minimum atomic E-state index is 0.0848. The molecule has 2 atom stereocenters. The third-order valence-electron chi connectivity index (χ3n) is 8.97. The first-order valence-electron chi connectivity index (χ1n) is 13.8. The van der Waals surface area contributed by atoms with Gasteiger partial charge >= 0.3 is 0 Å². The first kappa shape index (κ1) is 20.7. The SMILES string of the molecule is c1ccc2cc3c(cc2c1)NC1c2cc(-c4ccc5oc6ccccc6c5c4)cc4c5ccccc5n(c24)C1N3. The lowest BCUT2D eigenvalue weighted by atomic mass is 9.94. The Kier molecular flexibility index (Phi) is 3.75. The smallest absolute Gasteiger partial charge is 0.135 e. The van der Waals surface area contributed by atoms with Gasteiger partial charge in [0.2, 0.25) is 0 Å². The van der Waals surface area contributed by atoms with Crippen LogP contribution in [0, 0.1) is 0 Å². The largest absolute Gasteiger partial charge is 0.456 e. The van der Waals surface area contributed by atoms with Crippen LogP contribution in [0.3, 0.4) is 0 Å². The lowest BCUT2D eigenvalue weighted by Crippen LogP contribution is -2.30. The highest BCUT2D eigenvalue weighted by molar-refractivity contribution is 6.13. The maximum Gasteiger partial charge on any atom is 0.135 e. The van der Waals surface area contributed by atoms with Gasteiger partial charge in [-0.3, -0.25) is 0 Å². The number of fused-ring (bicyclic) bond motifs is 11. The molecule has 0 spiro atoms. The second-order valence-corrected chi connectivity index (χ2v) is 11.1. The average molecular weight is 514 g/mol. The predicted octanol–water partition coefficient (Wildman–Crippen LogP) is 9.60. The molecular weight excluding hydrogens is 490 g/mol. The molecule has 0 saturated heterocycles. The maximum absolute atomic E-state index is 6.12. The summed E-state index contributed by atoms with van der Waals surface area (Å²) in [4.78, 5) is 0. The monoisotopic (exact) mass is 513 g/mol. The number of benzene rings is 6. The molecule has 0 bridgehead atoms. The summed E-state index contributed by atoms with van der Waals surface area (Å²) in [5.41, 5.74) is 10.5. The molecule has 2 unspecified atom stereocenters. The normalized spacial score (nSPS) is 17.4. The lowest BCUT2D eigenvalue weighted by Gasteiger charge is -2.34. The summed E-state index contributed by atoms with van der Waals surface area (Å²) in [6, 6.07) is 41.7. The zero-order chi connectivity index (χ0) is 25.9. The Balaban J connectivity index is 1.22. The van der Waals surface area contributed by atoms with Crippen LogP contribution in [-0.4, -0.2) is 4.57 Å². The second kappa shape index (κ2) is 7.25. The van der Waals surface area contributed by atoms with Crippen molar-refractivity contribution in [2.45, 2.75) is 12.2 Å². The molecule has 0 fully saturated rings. The Morgan fingerprint density at radius 2 is 1.25 bits per heavy atom. The van der Waals surface area contributed by atoms with E-state index in [1.165, 1.54) is 49.3 Å². The van der Waals surface area contributed by atoms with Gasteiger partial charge in [-0.15, -0.1) is 0 Å². The van der Waals surface area contributed by atoms with Crippen molar-refractivity contribution in [3.05, 3.63) is 121 Å². The topological polar surface area (TPSA) is 42.1 Å². The number of rotatable bonds is 1. The number of anilines is 2. The van der Waals surface area contributed by atoms with Crippen LogP contribution in [0.25, 0.3) is 65.6 Å². The summed E-state index contributed by atoms with van der Waals surface area (Å²) in [7, 11) is 0. The molecule has 6 aromatic carbocycles. The van der Waals surface area contributed by atoms with Crippen LogP contribution in [0.1, 0.15) is 17.8 Å². The average Bonchev–Trinajstić information content (AvgIpc) is 3.64. The molecule has 4 heterocycles. The third-order valence-corrected chi connectivity index (χ3v) is 8.97. The third kappa shape index (κ3) is 2.60. The number of para-hydroxylation sites is 2. The molecule has 0 saturated carbocycles. The number of nitrogens with zero attached hydrogens (tertiary/aromatic N) is 1. The highest BCUT2D eigenvalue weighted by Crippen LogP contribution is 2.52. The fourth-order valence-electron chi connectivity index (χ4n) is 7.19. The van der Waals surface area contributed by atoms with Crippen molar-refractivity contribution in [2.24, 2.45) is 0 Å². The fourth-order valence-corrected chi connectivity index (χ4v) is 7.19. The van der Waals surface area contributed by atoms with E-state index in [9.17, 15) is 0 Å². The number of furan rings is 1. The van der Waals surface area contributed by atoms with Gasteiger partial charge in [0.05, 0.1) is 28.5 Å². The Labute approximate surface area is 229 Å². The van der Waals surface area contributed by atoms with E-state index in [0.717, 1.165) is 33.3 Å². The zero-order valence-electron chi connectivity index (χ0n) is 21.5.